The van der Waals surface area contributed by atoms with Crippen LogP contribution >= 0.6 is 11.6 Å². The molecule has 22 heavy (non-hydrogen) atoms. The van der Waals surface area contributed by atoms with Gasteiger partial charge in [0.2, 0.25) is 0 Å². The van der Waals surface area contributed by atoms with E-state index in [1.54, 1.807) is 0 Å². The van der Waals surface area contributed by atoms with Crippen LogP contribution in [0.2, 0.25) is 0 Å². The summed E-state index contributed by atoms with van der Waals surface area (Å²) in [6, 6.07) is 16.8. The highest BCUT2D eigenvalue weighted by molar-refractivity contribution is 6.17. The maximum Gasteiger partial charge on any atom is 0.128 e. The first-order valence-corrected chi connectivity index (χ1v) is 8.03. The number of hydrogen-bond donors (Lipinski definition) is 0. The van der Waals surface area contributed by atoms with Crippen molar-refractivity contribution in [3.8, 4) is 11.5 Å². The maximum absolute atomic E-state index is 5.91. The Morgan fingerprint density at radius 2 is 2.05 bits per heavy atom. The summed E-state index contributed by atoms with van der Waals surface area (Å²) in [5, 5.41) is 1.24. The molecule has 0 bridgehead atoms. The summed E-state index contributed by atoms with van der Waals surface area (Å²) in [5.74, 6) is 2.34. The molecule has 1 heterocycles. The Hall–Kier alpha value is -1.93. The van der Waals surface area contributed by atoms with Crippen molar-refractivity contribution in [2.24, 2.45) is 0 Å². The highest BCUT2D eigenvalue weighted by Crippen LogP contribution is 2.31. The molecular weight excluding hydrogens is 294 g/mol. The van der Waals surface area contributed by atoms with E-state index in [-0.39, 0.29) is 0 Å². The van der Waals surface area contributed by atoms with Crippen molar-refractivity contribution in [2.75, 3.05) is 5.88 Å². The summed E-state index contributed by atoms with van der Waals surface area (Å²) in [5.41, 5.74) is 3.84. The lowest BCUT2D eigenvalue weighted by Crippen LogP contribution is -2.00. The molecule has 0 atom stereocenters. The Labute approximate surface area is 136 Å². The molecule has 2 aromatic carbocycles. The molecule has 1 aromatic heterocycles. The highest BCUT2D eigenvalue weighted by atomic mass is 35.5. The van der Waals surface area contributed by atoms with Gasteiger partial charge in [0.05, 0.1) is 0 Å². The van der Waals surface area contributed by atoms with Crippen molar-refractivity contribution in [2.45, 2.75) is 26.8 Å². The largest absolute Gasteiger partial charge is 0.457 e. The summed E-state index contributed by atoms with van der Waals surface area (Å²) in [6.07, 6.45) is 0.976. The van der Waals surface area contributed by atoms with Gasteiger partial charge in [-0.1, -0.05) is 12.1 Å². The zero-order valence-corrected chi connectivity index (χ0v) is 13.7. The van der Waals surface area contributed by atoms with Gasteiger partial charge in [0.25, 0.3) is 0 Å². The van der Waals surface area contributed by atoms with Gasteiger partial charge >= 0.3 is 0 Å². The lowest BCUT2D eigenvalue weighted by Gasteiger charge is -2.08. The van der Waals surface area contributed by atoms with Crippen molar-refractivity contribution in [1.82, 2.24) is 4.57 Å². The molecule has 0 fully saturated rings. The molecule has 0 unspecified atom stereocenters. The molecule has 0 saturated heterocycles. The summed E-state index contributed by atoms with van der Waals surface area (Å²) in [4.78, 5) is 0. The second-order valence-electron chi connectivity index (χ2n) is 5.42. The topological polar surface area (TPSA) is 14.2 Å². The van der Waals surface area contributed by atoms with E-state index >= 15 is 0 Å². The molecule has 3 heteroatoms. The zero-order valence-electron chi connectivity index (χ0n) is 12.9. The Morgan fingerprint density at radius 1 is 1.18 bits per heavy atom. The number of alkyl halides is 1. The van der Waals surface area contributed by atoms with Crippen LogP contribution in [0.3, 0.4) is 0 Å². The first-order valence-electron chi connectivity index (χ1n) is 7.50. The van der Waals surface area contributed by atoms with Crippen molar-refractivity contribution in [3.05, 3.63) is 59.8 Å². The van der Waals surface area contributed by atoms with Gasteiger partial charge in [0.15, 0.2) is 0 Å². The third kappa shape index (κ3) is 2.84. The van der Waals surface area contributed by atoms with Crippen molar-refractivity contribution in [1.29, 1.82) is 0 Å². The van der Waals surface area contributed by atoms with Crippen LogP contribution in [0.4, 0.5) is 0 Å². The van der Waals surface area contributed by atoms with Gasteiger partial charge in [-0.3, -0.25) is 0 Å². The normalized spacial score (nSPS) is 11.0. The first-order chi connectivity index (χ1) is 10.7. The second-order valence-corrected chi connectivity index (χ2v) is 5.80. The lowest BCUT2D eigenvalue weighted by molar-refractivity contribution is 0.483. The third-order valence-electron chi connectivity index (χ3n) is 4.04. The summed E-state index contributed by atoms with van der Waals surface area (Å²) < 4.78 is 8.25. The molecule has 3 rings (SSSR count). The van der Waals surface area contributed by atoms with E-state index in [9.17, 15) is 0 Å². The monoisotopic (exact) mass is 312 g/mol. The minimum Gasteiger partial charge on any atom is -0.457 e. The fraction of sp³-hybridized carbons (Fsp3) is 0.263. The molecule has 0 amide bonds. The van der Waals surface area contributed by atoms with Gasteiger partial charge in [-0.05, 0) is 62.2 Å². The van der Waals surface area contributed by atoms with E-state index in [0.717, 1.165) is 24.5 Å². The molecule has 0 aliphatic carbocycles. The van der Waals surface area contributed by atoms with E-state index in [2.05, 4.69) is 36.6 Å². The van der Waals surface area contributed by atoms with Crippen LogP contribution in [0.5, 0.6) is 11.5 Å². The van der Waals surface area contributed by atoms with E-state index in [1.807, 2.05) is 30.3 Å². The van der Waals surface area contributed by atoms with Crippen molar-refractivity contribution >= 4 is 22.5 Å². The Morgan fingerprint density at radius 3 is 2.77 bits per heavy atom. The number of halogens is 1. The zero-order chi connectivity index (χ0) is 15.5. The average molecular weight is 313 g/mol. The summed E-state index contributed by atoms with van der Waals surface area (Å²) >= 11 is 5.84. The standard InChI is InChI=1S/C19H19ClNO/c1-14-15(2)21(12-6-11-20)19-10-9-17(13-18(14)19)22-16-7-4-3-5-8-16/h3-4,7-10,13H,6,11-12H2,1-2H3. The Balaban J connectivity index is 1.98. The minimum absolute atomic E-state index is 0.684. The second kappa shape index (κ2) is 6.45. The molecule has 0 aliphatic rings. The highest BCUT2D eigenvalue weighted by Gasteiger charge is 2.11. The number of rotatable bonds is 5. The lowest BCUT2D eigenvalue weighted by atomic mass is 10.1. The first kappa shape index (κ1) is 15.0. The average Bonchev–Trinajstić information content (AvgIpc) is 2.78. The number of nitrogens with zero attached hydrogens (tertiary/aromatic N) is 1. The van der Waals surface area contributed by atoms with Crippen LogP contribution in [0, 0.1) is 19.9 Å². The molecule has 0 spiro atoms. The number of aromatic nitrogens is 1. The van der Waals surface area contributed by atoms with Crippen LogP contribution in [-0.2, 0) is 6.54 Å². The number of fused-ring (bicyclic) bond motifs is 1. The van der Waals surface area contributed by atoms with Gasteiger partial charge < -0.3 is 9.30 Å². The van der Waals surface area contributed by atoms with Gasteiger partial charge in [-0.25, -0.2) is 0 Å². The molecule has 1 radical (unpaired) electrons. The maximum atomic E-state index is 5.91. The molecule has 113 valence electrons. The van der Waals surface area contributed by atoms with Crippen LogP contribution in [-0.4, -0.2) is 10.4 Å². The summed E-state index contributed by atoms with van der Waals surface area (Å²) in [7, 11) is 0. The minimum atomic E-state index is 0.684. The quantitative estimate of drug-likeness (QED) is 0.569. The number of ether oxygens (including phenoxy) is 1. The van der Waals surface area contributed by atoms with E-state index in [0.29, 0.717) is 5.88 Å². The third-order valence-corrected chi connectivity index (χ3v) is 4.31. The molecule has 0 aliphatic heterocycles. The van der Waals surface area contributed by atoms with Crippen LogP contribution in [0.1, 0.15) is 17.7 Å². The van der Waals surface area contributed by atoms with Crippen LogP contribution in [0.25, 0.3) is 10.9 Å². The van der Waals surface area contributed by atoms with Gasteiger partial charge in [-0.15, -0.1) is 11.6 Å². The number of aryl methyl sites for hydroxylation is 2. The molecule has 0 saturated carbocycles. The summed E-state index contributed by atoms with van der Waals surface area (Å²) in [6.45, 7) is 5.28. The predicted molar refractivity (Wildman–Crippen MR) is 92.1 cm³/mol. The molecule has 2 nitrogen and oxygen atoms in total. The van der Waals surface area contributed by atoms with Gasteiger partial charge in [0, 0.05) is 29.0 Å². The van der Waals surface area contributed by atoms with Crippen molar-refractivity contribution in [3.63, 3.8) is 0 Å². The Bertz CT molecular complexity index is 777. The number of benzene rings is 2. The SMILES string of the molecule is Cc1c(C)n(CCCCl)c2ccc(Oc3c[c]ccc3)cc12. The van der Waals surface area contributed by atoms with Gasteiger partial charge in [-0.2, -0.15) is 0 Å². The van der Waals surface area contributed by atoms with Crippen molar-refractivity contribution < 1.29 is 4.74 Å². The molecular formula is C19H19ClNO. The molecule has 0 N–H and O–H groups in total. The van der Waals surface area contributed by atoms with Crippen LogP contribution in [0.15, 0.2) is 42.5 Å². The number of hydrogen-bond acceptors (Lipinski definition) is 1. The smallest absolute Gasteiger partial charge is 0.128 e. The molecule has 3 aromatic rings. The van der Waals surface area contributed by atoms with E-state index in [1.165, 1.54) is 22.2 Å². The van der Waals surface area contributed by atoms with E-state index in [4.69, 9.17) is 16.3 Å². The van der Waals surface area contributed by atoms with Gasteiger partial charge in [0.1, 0.15) is 11.5 Å². The predicted octanol–water partition coefficient (Wildman–Crippen LogP) is 5.48. The fourth-order valence-electron chi connectivity index (χ4n) is 2.77. The van der Waals surface area contributed by atoms with E-state index < -0.39 is 0 Å². The van der Waals surface area contributed by atoms with Crippen LogP contribution < -0.4 is 4.74 Å². The Kier molecular flexibility index (Phi) is 4.39. The fourth-order valence-corrected chi connectivity index (χ4v) is 2.89.